The summed E-state index contributed by atoms with van der Waals surface area (Å²) in [5.74, 6) is -12.3. The zero-order valence-corrected chi connectivity index (χ0v) is 18.2. The molecular formula is C21H22F3NO10. The number of ether oxygens (including phenoxy) is 3. The topological polar surface area (TPSA) is 169 Å². The van der Waals surface area contributed by atoms with Crippen LogP contribution in [0.5, 0.6) is 0 Å². The van der Waals surface area contributed by atoms with Crippen LogP contribution in [-0.2, 0) is 33.4 Å². The van der Waals surface area contributed by atoms with Gasteiger partial charge in [0.2, 0.25) is 6.29 Å². The number of nitrogens with zero attached hydrogens (tertiary/aromatic N) is 1. The lowest BCUT2D eigenvalue weighted by Crippen LogP contribution is -2.54. The molecule has 0 spiro atoms. The summed E-state index contributed by atoms with van der Waals surface area (Å²) in [5, 5.41) is 27.8. The van der Waals surface area contributed by atoms with Gasteiger partial charge in [0.1, 0.15) is 5.92 Å². The Morgan fingerprint density at radius 3 is 1.97 bits per heavy atom. The molecule has 0 radical (unpaired) electrons. The molecule has 1 aromatic rings. The van der Waals surface area contributed by atoms with E-state index >= 15 is 0 Å². The second-order valence-corrected chi connectivity index (χ2v) is 7.58. The standard InChI is InChI=1S/C21H22F3NO10/c1-33-18(32)17-12(8-15(28)29)11(7-14(26)27)13(9-16(30)31)34-19(17)35-20(21(22,23)24)25-10-5-3-2-4-6-10/h2-6,11-13,17,19H,7-9H2,1H3,(H,26,27)(H,28,29)(H,30,31). The number of carbonyl (C=O) groups is 4. The number of carbonyl (C=O) groups excluding carboxylic acids is 1. The first-order valence-electron chi connectivity index (χ1n) is 10.1. The molecule has 14 heteroatoms. The third-order valence-electron chi connectivity index (χ3n) is 5.22. The van der Waals surface area contributed by atoms with Crippen molar-refractivity contribution in [1.82, 2.24) is 0 Å². The van der Waals surface area contributed by atoms with E-state index in [0.717, 1.165) is 7.11 Å². The SMILES string of the molecule is COC(=O)C1C(OC(=Nc2ccccc2)C(F)(F)F)OC(CC(=O)O)C(CC(=O)O)C1CC(=O)O. The predicted octanol–water partition coefficient (Wildman–Crippen LogP) is 2.47. The van der Waals surface area contributed by atoms with E-state index in [0.29, 0.717) is 0 Å². The van der Waals surface area contributed by atoms with E-state index in [1.165, 1.54) is 30.3 Å². The summed E-state index contributed by atoms with van der Waals surface area (Å²) in [7, 11) is 0.884. The van der Waals surface area contributed by atoms with Gasteiger partial charge in [0.05, 0.1) is 31.7 Å². The average Bonchev–Trinajstić information content (AvgIpc) is 2.74. The van der Waals surface area contributed by atoms with Gasteiger partial charge in [-0.25, -0.2) is 4.99 Å². The third-order valence-corrected chi connectivity index (χ3v) is 5.22. The van der Waals surface area contributed by atoms with E-state index in [1.54, 1.807) is 0 Å². The maximum Gasteiger partial charge on any atom is 0.468 e. The number of aliphatic imine (C=N–C) groups is 1. The van der Waals surface area contributed by atoms with E-state index in [2.05, 4.69) is 9.73 Å². The second-order valence-electron chi connectivity index (χ2n) is 7.58. The minimum atomic E-state index is -5.19. The van der Waals surface area contributed by atoms with Gasteiger partial charge in [-0.2, -0.15) is 13.2 Å². The number of carboxylic acid groups (broad SMARTS) is 3. The molecule has 0 saturated carbocycles. The van der Waals surface area contributed by atoms with Crippen LogP contribution in [0.15, 0.2) is 35.3 Å². The first-order valence-corrected chi connectivity index (χ1v) is 10.1. The smallest absolute Gasteiger partial charge is 0.468 e. The van der Waals surface area contributed by atoms with E-state index in [-0.39, 0.29) is 5.69 Å². The lowest BCUT2D eigenvalue weighted by molar-refractivity contribution is -0.243. The molecule has 11 nitrogen and oxygen atoms in total. The van der Waals surface area contributed by atoms with Gasteiger partial charge < -0.3 is 29.5 Å². The van der Waals surface area contributed by atoms with Gasteiger partial charge in [-0.15, -0.1) is 0 Å². The van der Waals surface area contributed by atoms with Gasteiger partial charge in [-0.3, -0.25) is 19.2 Å². The number of aliphatic carboxylic acids is 3. The van der Waals surface area contributed by atoms with Crippen molar-refractivity contribution in [3.05, 3.63) is 30.3 Å². The van der Waals surface area contributed by atoms with Crippen molar-refractivity contribution in [1.29, 1.82) is 0 Å². The molecule has 1 aromatic carbocycles. The van der Waals surface area contributed by atoms with Crippen molar-refractivity contribution in [2.75, 3.05) is 7.11 Å². The largest absolute Gasteiger partial charge is 0.481 e. The third kappa shape index (κ3) is 7.67. The maximum atomic E-state index is 13.7. The van der Waals surface area contributed by atoms with Crippen LogP contribution in [0, 0.1) is 17.8 Å². The number of halogens is 3. The Morgan fingerprint density at radius 1 is 0.943 bits per heavy atom. The lowest BCUT2D eigenvalue weighted by Gasteiger charge is -2.44. The molecule has 1 aliphatic heterocycles. The molecule has 3 N–H and O–H groups in total. The minimum absolute atomic E-state index is 0.168. The Kier molecular flexibility index (Phi) is 9.17. The minimum Gasteiger partial charge on any atom is -0.481 e. The van der Waals surface area contributed by atoms with Crippen molar-refractivity contribution >= 4 is 35.5 Å². The normalized spacial score (nSPS) is 24.9. The van der Waals surface area contributed by atoms with E-state index < -0.39 is 85.4 Å². The lowest BCUT2D eigenvalue weighted by atomic mass is 9.71. The van der Waals surface area contributed by atoms with Gasteiger partial charge >= 0.3 is 30.1 Å². The molecule has 192 valence electrons. The predicted molar refractivity (Wildman–Crippen MR) is 109 cm³/mol. The summed E-state index contributed by atoms with van der Waals surface area (Å²) in [5.41, 5.74) is -0.168. The van der Waals surface area contributed by atoms with Crippen LogP contribution in [0.1, 0.15) is 19.3 Å². The number of hydrogen-bond donors (Lipinski definition) is 3. The maximum absolute atomic E-state index is 13.7. The van der Waals surface area contributed by atoms with Crippen molar-refractivity contribution in [3.8, 4) is 0 Å². The zero-order chi connectivity index (χ0) is 26.3. The van der Waals surface area contributed by atoms with Gasteiger partial charge in [0, 0.05) is 12.3 Å². The number of benzene rings is 1. The van der Waals surface area contributed by atoms with Crippen molar-refractivity contribution in [2.24, 2.45) is 22.7 Å². The number of hydrogen-bond acceptors (Lipinski definition) is 8. The average molecular weight is 505 g/mol. The molecule has 1 heterocycles. The number of rotatable bonds is 9. The summed E-state index contributed by atoms with van der Waals surface area (Å²) in [6.07, 6.45) is -11.6. The molecule has 1 fully saturated rings. The number of esters is 1. The van der Waals surface area contributed by atoms with Gasteiger partial charge in [-0.05, 0) is 18.1 Å². The zero-order valence-electron chi connectivity index (χ0n) is 18.2. The Bertz CT molecular complexity index is 966. The molecular weight excluding hydrogens is 483 g/mol. The Labute approximate surface area is 196 Å². The fourth-order valence-electron chi connectivity index (χ4n) is 3.85. The Balaban J connectivity index is 2.59. The molecule has 0 aliphatic carbocycles. The Morgan fingerprint density at radius 2 is 1.49 bits per heavy atom. The van der Waals surface area contributed by atoms with E-state index in [1.807, 2.05) is 0 Å². The number of methoxy groups -OCH3 is 1. The molecule has 0 amide bonds. The van der Waals surface area contributed by atoms with E-state index in [9.17, 15) is 47.7 Å². The van der Waals surface area contributed by atoms with Crippen molar-refractivity contribution in [2.45, 2.75) is 37.8 Å². The van der Waals surface area contributed by atoms with Gasteiger partial charge in [0.15, 0.2) is 0 Å². The highest BCUT2D eigenvalue weighted by Crippen LogP contribution is 2.42. The number of para-hydroxylation sites is 1. The second kappa shape index (κ2) is 11.6. The van der Waals surface area contributed by atoms with Crippen LogP contribution >= 0.6 is 0 Å². The Hall–Kier alpha value is -3.68. The molecule has 0 bridgehead atoms. The summed E-state index contributed by atoms with van der Waals surface area (Å²) in [6.45, 7) is 0. The summed E-state index contributed by atoms with van der Waals surface area (Å²) in [6, 6.07) is 6.81. The molecule has 5 atom stereocenters. The summed E-state index contributed by atoms with van der Waals surface area (Å²) >= 11 is 0. The molecule has 1 saturated heterocycles. The fraction of sp³-hybridized carbons (Fsp3) is 0.476. The van der Waals surface area contributed by atoms with Crippen LogP contribution in [0.4, 0.5) is 18.9 Å². The molecule has 5 unspecified atom stereocenters. The highest BCUT2D eigenvalue weighted by atomic mass is 19.4. The quantitative estimate of drug-likeness (QED) is 0.257. The molecule has 35 heavy (non-hydrogen) atoms. The summed E-state index contributed by atoms with van der Waals surface area (Å²) in [4.78, 5) is 50.2. The van der Waals surface area contributed by atoms with Crippen LogP contribution in [-0.4, -0.2) is 70.8 Å². The van der Waals surface area contributed by atoms with Gasteiger partial charge in [-0.1, -0.05) is 18.2 Å². The molecule has 0 aromatic heterocycles. The molecule has 1 aliphatic rings. The highest BCUT2D eigenvalue weighted by molar-refractivity contribution is 5.85. The van der Waals surface area contributed by atoms with Crippen LogP contribution in [0.25, 0.3) is 0 Å². The number of carboxylic acids is 3. The fourth-order valence-corrected chi connectivity index (χ4v) is 3.85. The summed E-state index contributed by atoms with van der Waals surface area (Å²) < 4.78 is 56.2. The highest BCUT2D eigenvalue weighted by Gasteiger charge is 2.54. The first kappa shape index (κ1) is 27.6. The van der Waals surface area contributed by atoms with Crippen molar-refractivity contribution in [3.63, 3.8) is 0 Å². The van der Waals surface area contributed by atoms with Gasteiger partial charge in [0.25, 0.3) is 5.90 Å². The monoisotopic (exact) mass is 505 g/mol. The van der Waals surface area contributed by atoms with Crippen molar-refractivity contribution < 1.29 is 61.9 Å². The van der Waals surface area contributed by atoms with Crippen LogP contribution < -0.4 is 0 Å². The van der Waals surface area contributed by atoms with Crippen LogP contribution in [0.3, 0.4) is 0 Å². The van der Waals surface area contributed by atoms with Crippen LogP contribution in [0.2, 0.25) is 0 Å². The molecule has 2 rings (SSSR count). The van der Waals surface area contributed by atoms with E-state index in [4.69, 9.17) is 9.47 Å². The number of alkyl halides is 3. The first-order chi connectivity index (χ1) is 16.3.